The van der Waals surface area contributed by atoms with E-state index in [1.165, 1.54) is 0 Å². The molecule has 0 aliphatic carbocycles. The van der Waals surface area contributed by atoms with Crippen LogP contribution in [0.4, 0.5) is 4.79 Å². The molecule has 0 radical (unpaired) electrons. The van der Waals surface area contributed by atoms with Crippen molar-refractivity contribution >= 4 is 6.09 Å². The zero-order chi connectivity index (χ0) is 16.3. The highest BCUT2D eigenvalue weighted by Gasteiger charge is 2.41. The predicted octanol–water partition coefficient (Wildman–Crippen LogP) is 4.95. The van der Waals surface area contributed by atoms with Crippen molar-refractivity contribution in [3.63, 3.8) is 0 Å². The summed E-state index contributed by atoms with van der Waals surface area (Å²) in [7, 11) is 0. The van der Waals surface area contributed by atoms with Crippen molar-refractivity contribution in [2.24, 2.45) is 17.3 Å². The van der Waals surface area contributed by atoms with Crippen molar-refractivity contribution in [3.8, 4) is 0 Å². The summed E-state index contributed by atoms with van der Waals surface area (Å²) in [6, 6.07) is 0. The smallest absolute Gasteiger partial charge is 0.410 e. The summed E-state index contributed by atoms with van der Waals surface area (Å²) in [5, 5.41) is 0. The first kappa shape index (κ1) is 19.3. The summed E-state index contributed by atoms with van der Waals surface area (Å²) in [4.78, 5) is 14.4. The van der Waals surface area contributed by atoms with E-state index in [1.54, 1.807) is 0 Å². The lowest BCUT2D eigenvalue weighted by atomic mass is 9.75. The normalized spacial score (nSPS) is 13.2. The minimum absolute atomic E-state index is 0.00676. The third kappa shape index (κ3) is 4.39. The van der Waals surface area contributed by atoms with E-state index in [9.17, 15) is 4.79 Å². The average molecular weight is 285 g/mol. The molecule has 1 amide bonds. The molecule has 3 heteroatoms. The monoisotopic (exact) mass is 285 g/mol. The van der Waals surface area contributed by atoms with Crippen LogP contribution in [0.3, 0.4) is 0 Å². The molecule has 20 heavy (non-hydrogen) atoms. The number of hydrogen-bond acceptors (Lipinski definition) is 2. The number of ether oxygens (including phenoxy) is 1. The summed E-state index contributed by atoms with van der Waals surface area (Å²) in [5.74, 6) is 0.658. The fraction of sp³-hybridized carbons (Fsp3) is 0.941. The van der Waals surface area contributed by atoms with Crippen molar-refractivity contribution in [2.45, 2.75) is 80.9 Å². The van der Waals surface area contributed by atoms with Crippen molar-refractivity contribution in [1.29, 1.82) is 0 Å². The second kappa shape index (κ2) is 6.82. The van der Waals surface area contributed by atoms with Crippen LogP contribution in [0, 0.1) is 17.3 Å². The lowest BCUT2D eigenvalue weighted by Gasteiger charge is -2.47. The van der Waals surface area contributed by atoms with Crippen LogP contribution in [-0.2, 0) is 4.74 Å². The molecule has 0 saturated heterocycles. The average Bonchev–Trinajstić information content (AvgIpc) is 2.23. The van der Waals surface area contributed by atoms with Gasteiger partial charge in [0.2, 0.25) is 0 Å². The molecular weight excluding hydrogens is 250 g/mol. The Morgan fingerprint density at radius 3 is 1.65 bits per heavy atom. The van der Waals surface area contributed by atoms with E-state index in [2.05, 4.69) is 62.3 Å². The molecule has 3 nitrogen and oxygen atoms in total. The Morgan fingerprint density at radius 1 is 1.00 bits per heavy atom. The highest BCUT2D eigenvalue weighted by atomic mass is 16.6. The summed E-state index contributed by atoms with van der Waals surface area (Å²) in [5.41, 5.74) is -0.259. The molecule has 120 valence electrons. The Kier molecular flexibility index (Phi) is 6.57. The van der Waals surface area contributed by atoms with Gasteiger partial charge in [0.25, 0.3) is 0 Å². The molecule has 0 unspecified atom stereocenters. The van der Waals surface area contributed by atoms with Gasteiger partial charge in [0.15, 0.2) is 0 Å². The van der Waals surface area contributed by atoms with Gasteiger partial charge in [-0.3, -0.25) is 0 Å². The third-order valence-corrected chi connectivity index (χ3v) is 4.60. The molecule has 0 saturated carbocycles. The molecule has 0 heterocycles. The Balaban J connectivity index is 5.14. The van der Waals surface area contributed by atoms with E-state index in [1.807, 2.05) is 11.8 Å². The second-order valence-electron chi connectivity index (χ2n) is 7.89. The van der Waals surface area contributed by atoms with Crippen LogP contribution >= 0.6 is 0 Å². The summed E-state index contributed by atoms with van der Waals surface area (Å²) in [6.45, 7) is 21.8. The maximum absolute atomic E-state index is 12.6. The van der Waals surface area contributed by atoms with Crippen molar-refractivity contribution in [2.75, 3.05) is 6.54 Å². The molecule has 0 spiro atoms. The Morgan fingerprint density at radius 2 is 1.40 bits per heavy atom. The van der Waals surface area contributed by atoms with E-state index in [-0.39, 0.29) is 23.2 Å². The lowest BCUT2D eigenvalue weighted by molar-refractivity contribution is -0.0234. The highest BCUT2D eigenvalue weighted by molar-refractivity contribution is 5.69. The first-order valence-electron chi connectivity index (χ1n) is 7.84. The lowest BCUT2D eigenvalue weighted by Crippen LogP contribution is -2.56. The van der Waals surface area contributed by atoms with Gasteiger partial charge in [0, 0.05) is 12.1 Å². The fourth-order valence-electron chi connectivity index (χ4n) is 2.38. The minimum atomic E-state index is -0.253. The fourth-order valence-corrected chi connectivity index (χ4v) is 2.38. The molecule has 0 aromatic heterocycles. The quantitative estimate of drug-likeness (QED) is 0.715. The Bertz CT molecular complexity index is 305. The maximum Gasteiger partial charge on any atom is 0.410 e. The van der Waals surface area contributed by atoms with Gasteiger partial charge >= 0.3 is 6.09 Å². The molecule has 0 N–H and O–H groups in total. The van der Waals surface area contributed by atoms with E-state index < -0.39 is 0 Å². The van der Waals surface area contributed by atoms with Crippen LogP contribution in [-0.4, -0.2) is 29.2 Å². The van der Waals surface area contributed by atoms with Crippen LogP contribution in [0.2, 0.25) is 0 Å². The second-order valence-corrected chi connectivity index (χ2v) is 7.89. The molecule has 0 atom stereocenters. The maximum atomic E-state index is 12.6. The van der Waals surface area contributed by atoms with Crippen LogP contribution < -0.4 is 0 Å². The SMILES string of the molecule is CCN(C(=O)OC(C(C)C)C(C)C)C(C)(C)C(C)(C)C. The van der Waals surface area contributed by atoms with Crippen LogP contribution in [0.15, 0.2) is 0 Å². The molecule has 0 bridgehead atoms. The van der Waals surface area contributed by atoms with Crippen molar-refractivity contribution in [3.05, 3.63) is 0 Å². The molecule has 0 aromatic carbocycles. The topological polar surface area (TPSA) is 29.5 Å². The van der Waals surface area contributed by atoms with Gasteiger partial charge in [-0.1, -0.05) is 48.5 Å². The first-order chi connectivity index (χ1) is 8.86. The van der Waals surface area contributed by atoms with Crippen molar-refractivity contribution < 1.29 is 9.53 Å². The molecule has 0 fully saturated rings. The summed E-state index contributed by atoms with van der Waals surface area (Å²) < 4.78 is 5.79. The Labute approximate surface area is 126 Å². The number of carbonyl (C=O) groups excluding carboxylic acids is 1. The highest BCUT2D eigenvalue weighted by Crippen LogP contribution is 2.35. The standard InChI is InChI=1S/C17H35NO2/c1-11-18(17(9,10)16(6,7)8)15(19)20-14(12(2)3)13(4)5/h12-14H,11H2,1-10H3. The number of hydrogen-bond donors (Lipinski definition) is 0. The molecule has 0 aromatic rings. The molecule has 0 rings (SSSR count). The van der Waals surface area contributed by atoms with Gasteiger partial charge in [-0.25, -0.2) is 4.79 Å². The summed E-state index contributed by atoms with van der Waals surface area (Å²) in [6.07, 6.45) is -0.229. The largest absolute Gasteiger partial charge is 0.446 e. The van der Waals surface area contributed by atoms with Crippen molar-refractivity contribution in [1.82, 2.24) is 4.90 Å². The predicted molar refractivity (Wildman–Crippen MR) is 85.9 cm³/mol. The zero-order valence-electron chi connectivity index (χ0n) is 15.2. The van der Waals surface area contributed by atoms with Gasteiger partial charge in [-0.15, -0.1) is 0 Å². The van der Waals surface area contributed by atoms with Crippen LogP contribution in [0.25, 0.3) is 0 Å². The number of amides is 1. The minimum Gasteiger partial charge on any atom is -0.446 e. The first-order valence-corrected chi connectivity index (χ1v) is 7.84. The van der Waals surface area contributed by atoms with Gasteiger partial charge in [-0.2, -0.15) is 0 Å². The van der Waals surface area contributed by atoms with Gasteiger partial charge in [0.1, 0.15) is 6.10 Å². The molecule has 0 aliphatic rings. The number of rotatable bonds is 5. The third-order valence-electron chi connectivity index (χ3n) is 4.60. The van der Waals surface area contributed by atoms with Gasteiger partial charge in [0.05, 0.1) is 0 Å². The zero-order valence-corrected chi connectivity index (χ0v) is 15.2. The Hall–Kier alpha value is -0.730. The number of nitrogens with zero attached hydrogens (tertiary/aromatic N) is 1. The molecule has 0 aliphatic heterocycles. The number of carbonyl (C=O) groups is 1. The van der Waals surface area contributed by atoms with Crippen LogP contribution in [0.5, 0.6) is 0 Å². The van der Waals surface area contributed by atoms with Gasteiger partial charge < -0.3 is 9.64 Å². The van der Waals surface area contributed by atoms with Crippen LogP contribution in [0.1, 0.15) is 69.2 Å². The van der Waals surface area contributed by atoms with E-state index in [4.69, 9.17) is 4.74 Å². The molecular formula is C17H35NO2. The summed E-state index contributed by atoms with van der Waals surface area (Å²) >= 11 is 0. The van der Waals surface area contributed by atoms with Gasteiger partial charge in [-0.05, 0) is 38.0 Å². The van der Waals surface area contributed by atoms with E-state index >= 15 is 0 Å². The van der Waals surface area contributed by atoms with E-state index in [0.717, 1.165) is 0 Å². The van der Waals surface area contributed by atoms with E-state index in [0.29, 0.717) is 18.4 Å².